The van der Waals surface area contributed by atoms with Crippen LogP contribution in [0.25, 0.3) is 0 Å². The highest BCUT2D eigenvalue weighted by atomic mass is 16.5. The summed E-state index contributed by atoms with van der Waals surface area (Å²) in [7, 11) is 0. The van der Waals surface area contributed by atoms with Crippen molar-refractivity contribution in [3.63, 3.8) is 0 Å². The minimum Gasteiger partial charge on any atom is -0.381 e. The summed E-state index contributed by atoms with van der Waals surface area (Å²) in [6, 6.07) is 4.01. The molecule has 0 aliphatic heterocycles. The number of ether oxygens (including phenoxy) is 1. The molecule has 0 spiro atoms. The lowest BCUT2D eigenvalue weighted by atomic mass is 10.2. The van der Waals surface area contributed by atoms with Crippen LogP contribution in [-0.2, 0) is 11.2 Å². The van der Waals surface area contributed by atoms with Crippen molar-refractivity contribution >= 4 is 0 Å². The number of pyridine rings is 1. The first-order chi connectivity index (χ1) is 6.43. The van der Waals surface area contributed by atoms with E-state index in [4.69, 9.17) is 10.5 Å². The highest BCUT2D eigenvalue weighted by molar-refractivity contribution is 5.09. The molecular weight excluding hydrogens is 164 g/mol. The van der Waals surface area contributed by atoms with Gasteiger partial charge in [0.2, 0.25) is 0 Å². The van der Waals surface area contributed by atoms with E-state index in [9.17, 15) is 0 Å². The summed E-state index contributed by atoms with van der Waals surface area (Å²) in [5, 5.41) is 0. The topological polar surface area (TPSA) is 48.1 Å². The summed E-state index contributed by atoms with van der Waals surface area (Å²) in [5.74, 6) is 0. The molecule has 0 fully saturated rings. The molecule has 13 heavy (non-hydrogen) atoms. The van der Waals surface area contributed by atoms with E-state index in [2.05, 4.69) is 4.98 Å². The Kier molecular flexibility index (Phi) is 5.13. The van der Waals surface area contributed by atoms with Crippen LogP contribution >= 0.6 is 0 Å². The maximum absolute atomic E-state index is 5.38. The molecule has 0 amide bonds. The molecule has 0 unspecified atom stereocenters. The second-order valence-corrected chi connectivity index (χ2v) is 2.86. The van der Waals surface area contributed by atoms with Crippen molar-refractivity contribution in [2.75, 3.05) is 19.8 Å². The third kappa shape index (κ3) is 4.60. The van der Waals surface area contributed by atoms with Gasteiger partial charge in [0.1, 0.15) is 0 Å². The van der Waals surface area contributed by atoms with Crippen molar-refractivity contribution < 1.29 is 4.74 Å². The molecule has 3 heteroatoms. The summed E-state index contributed by atoms with van der Waals surface area (Å²) >= 11 is 0. The van der Waals surface area contributed by atoms with Gasteiger partial charge in [-0.25, -0.2) is 0 Å². The smallest absolute Gasteiger partial charge is 0.0506 e. The number of hydrogen-bond acceptors (Lipinski definition) is 3. The number of rotatable bonds is 6. The van der Waals surface area contributed by atoms with Crippen molar-refractivity contribution in [1.82, 2.24) is 4.98 Å². The molecule has 0 bridgehead atoms. The normalized spacial score (nSPS) is 10.2. The van der Waals surface area contributed by atoms with Crippen molar-refractivity contribution in [3.8, 4) is 0 Å². The van der Waals surface area contributed by atoms with Gasteiger partial charge in [0, 0.05) is 19.0 Å². The molecule has 0 saturated carbocycles. The van der Waals surface area contributed by atoms with Gasteiger partial charge < -0.3 is 10.5 Å². The first kappa shape index (κ1) is 10.2. The Labute approximate surface area is 78.9 Å². The average molecular weight is 180 g/mol. The van der Waals surface area contributed by atoms with Gasteiger partial charge in [-0.1, -0.05) is 0 Å². The molecule has 3 nitrogen and oxygen atoms in total. The molecule has 1 heterocycles. The first-order valence-electron chi connectivity index (χ1n) is 4.60. The number of aromatic nitrogens is 1. The number of nitrogens with two attached hydrogens (primary N) is 1. The van der Waals surface area contributed by atoms with Gasteiger partial charge in [0.05, 0.1) is 6.61 Å². The van der Waals surface area contributed by atoms with Crippen LogP contribution in [0.4, 0.5) is 0 Å². The molecule has 0 radical (unpaired) electrons. The average Bonchev–Trinajstić information content (AvgIpc) is 2.19. The zero-order valence-electron chi connectivity index (χ0n) is 7.78. The van der Waals surface area contributed by atoms with Crippen molar-refractivity contribution in [3.05, 3.63) is 30.1 Å². The SMILES string of the molecule is NCCCOCCc1ccncc1. The third-order valence-corrected chi connectivity index (χ3v) is 1.78. The first-order valence-corrected chi connectivity index (χ1v) is 4.60. The maximum atomic E-state index is 5.38. The van der Waals surface area contributed by atoms with Crippen LogP contribution in [-0.4, -0.2) is 24.7 Å². The Hall–Kier alpha value is -0.930. The summed E-state index contributed by atoms with van der Waals surface area (Å²) < 4.78 is 5.38. The largest absolute Gasteiger partial charge is 0.381 e. The molecule has 0 atom stereocenters. The highest BCUT2D eigenvalue weighted by Gasteiger charge is 1.91. The second kappa shape index (κ2) is 6.57. The Balaban J connectivity index is 2.07. The van der Waals surface area contributed by atoms with E-state index in [1.807, 2.05) is 12.1 Å². The highest BCUT2D eigenvalue weighted by Crippen LogP contribution is 1.97. The fraction of sp³-hybridized carbons (Fsp3) is 0.500. The van der Waals surface area contributed by atoms with Gasteiger partial charge in [-0.15, -0.1) is 0 Å². The fourth-order valence-electron chi connectivity index (χ4n) is 1.03. The molecule has 1 aromatic rings. The summed E-state index contributed by atoms with van der Waals surface area (Å²) in [4.78, 5) is 3.95. The van der Waals surface area contributed by atoms with Crippen LogP contribution in [0.3, 0.4) is 0 Å². The van der Waals surface area contributed by atoms with Crippen molar-refractivity contribution in [2.45, 2.75) is 12.8 Å². The zero-order chi connectivity index (χ0) is 9.36. The van der Waals surface area contributed by atoms with Crippen LogP contribution in [0, 0.1) is 0 Å². The number of nitrogens with zero attached hydrogens (tertiary/aromatic N) is 1. The van der Waals surface area contributed by atoms with Gasteiger partial charge in [-0.05, 0) is 37.1 Å². The standard InChI is InChI=1S/C10H16N2O/c11-5-1-8-13-9-4-10-2-6-12-7-3-10/h2-3,6-7H,1,4-5,8-9,11H2. The minimum atomic E-state index is 0.704. The minimum absolute atomic E-state index is 0.704. The van der Waals surface area contributed by atoms with Gasteiger partial charge >= 0.3 is 0 Å². The lowest BCUT2D eigenvalue weighted by Gasteiger charge is -2.02. The molecule has 1 rings (SSSR count). The van der Waals surface area contributed by atoms with E-state index in [1.54, 1.807) is 12.4 Å². The van der Waals surface area contributed by atoms with Gasteiger partial charge in [0.15, 0.2) is 0 Å². The molecule has 2 N–H and O–H groups in total. The lowest BCUT2D eigenvalue weighted by molar-refractivity contribution is 0.136. The molecule has 72 valence electrons. The Morgan fingerprint density at radius 1 is 1.23 bits per heavy atom. The third-order valence-electron chi connectivity index (χ3n) is 1.78. The molecule has 0 aliphatic rings. The van der Waals surface area contributed by atoms with Crippen molar-refractivity contribution in [1.29, 1.82) is 0 Å². The predicted octanol–water partition coefficient (Wildman–Crippen LogP) is 0.989. The van der Waals surface area contributed by atoms with Crippen LogP contribution in [0.15, 0.2) is 24.5 Å². The lowest BCUT2D eigenvalue weighted by Crippen LogP contribution is -2.06. The van der Waals surface area contributed by atoms with E-state index in [1.165, 1.54) is 5.56 Å². The van der Waals surface area contributed by atoms with E-state index in [0.29, 0.717) is 6.54 Å². The van der Waals surface area contributed by atoms with Crippen LogP contribution in [0.2, 0.25) is 0 Å². The maximum Gasteiger partial charge on any atom is 0.0506 e. The Morgan fingerprint density at radius 3 is 2.69 bits per heavy atom. The van der Waals surface area contributed by atoms with E-state index in [-0.39, 0.29) is 0 Å². The van der Waals surface area contributed by atoms with Crippen LogP contribution < -0.4 is 5.73 Å². The Bertz CT molecular complexity index is 213. The summed E-state index contributed by atoms with van der Waals surface area (Å²) in [5.41, 5.74) is 6.60. The van der Waals surface area contributed by atoms with E-state index in [0.717, 1.165) is 26.1 Å². The Morgan fingerprint density at radius 2 is 2.00 bits per heavy atom. The quantitative estimate of drug-likeness (QED) is 0.664. The molecule has 1 aromatic heterocycles. The van der Waals surface area contributed by atoms with Gasteiger partial charge in [0.25, 0.3) is 0 Å². The fourth-order valence-corrected chi connectivity index (χ4v) is 1.03. The summed E-state index contributed by atoms with van der Waals surface area (Å²) in [6.07, 6.45) is 5.49. The van der Waals surface area contributed by atoms with Gasteiger partial charge in [-0.3, -0.25) is 4.98 Å². The van der Waals surface area contributed by atoms with E-state index < -0.39 is 0 Å². The number of hydrogen-bond donors (Lipinski definition) is 1. The van der Waals surface area contributed by atoms with E-state index >= 15 is 0 Å². The zero-order valence-corrected chi connectivity index (χ0v) is 7.78. The van der Waals surface area contributed by atoms with Crippen molar-refractivity contribution in [2.24, 2.45) is 5.73 Å². The predicted molar refractivity (Wildman–Crippen MR) is 52.4 cm³/mol. The van der Waals surface area contributed by atoms with Crippen LogP contribution in [0.1, 0.15) is 12.0 Å². The second-order valence-electron chi connectivity index (χ2n) is 2.86. The monoisotopic (exact) mass is 180 g/mol. The van der Waals surface area contributed by atoms with Gasteiger partial charge in [-0.2, -0.15) is 0 Å². The summed E-state index contributed by atoms with van der Waals surface area (Å²) in [6.45, 7) is 2.24. The molecule has 0 saturated heterocycles. The van der Waals surface area contributed by atoms with Crippen LogP contribution in [0.5, 0.6) is 0 Å². The molecular formula is C10H16N2O. The molecule has 0 aromatic carbocycles. The molecule has 0 aliphatic carbocycles.